The van der Waals surface area contributed by atoms with Crippen LogP contribution in [0.2, 0.25) is 0 Å². The van der Waals surface area contributed by atoms with Crippen LogP contribution >= 0.6 is 0 Å². The molecular formula is C18H31AlLiN3. The fourth-order valence-electron chi connectivity index (χ4n) is 2.48. The predicted octanol–water partition coefficient (Wildman–Crippen LogP) is 0.110. The van der Waals surface area contributed by atoms with Crippen molar-refractivity contribution in [3.8, 4) is 0 Å². The van der Waals surface area contributed by atoms with Crippen LogP contribution in [0.4, 0.5) is 0 Å². The van der Waals surface area contributed by atoms with E-state index >= 15 is 0 Å². The molecule has 0 atom stereocenters. The second-order valence-corrected chi connectivity index (χ2v) is 7.82. The standard InChI is InChI=1S/3C6H10N.Al.Li.H/c3*1-3-5-7-6-4-2;;;/h3*3-4H,1-2,5-6H2;;;/q3*-1;+3;+1;-1. The van der Waals surface area contributed by atoms with Crippen molar-refractivity contribution in [2.75, 3.05) is 39.3 Å². The Hall–Kier alpha value is -0.550. The maximum absolute atomic E-state index is 3.90. The smallest absolute Gasteiger partial charge is 1.00 e. The van der Waals surface area contributed by atoms with Gasteiger partial charge in [0.1, 0.15) is 0 Å². The summed E-state index contributed by atoms with van der Waals surface area (Å²) in [7, 11) is 0. The quantitative estimate of drug-likeness (QED) is 0.313. The summed E-state index contributed by atoms with van der Waals surface area (Å²) in [5, 5.41) is 0. The van der Waals surface area contributed by atoms with Gasteiger partial charge in [0.05, 0.1) is 0 Å². The van der Waals surface area contributed by atoms with E-state index in [1.54, 1.807) is 0 Å². The largest absolute Gasteiger partial charge is 1.00 e. The van der Waals surface area contributed by atoms with E-state index in [9.17, 15) is 0 Å². The van der Waals surface area contributed by atoms with E-state index in [2.05, 4.69) is 51.1 Å². The zero-order chi connectivity index (χ0) is 16.8. The van der Waals surface area contributed by atoms with E-state index in [1.165, 1.54) is 0 Å². The van der Waals surface area contributed by atoms with Crippen molar-refractivity contribution < 1.29 is 20.3 Å². The topological polar surface area (TPSA) is 9.72 Å². The van der Waals surface area contributed by atoms with Gasteiger partial charge in [-0.25, -0.2) is 0 Å². The zero-order valence-electron chi connectivity index (χ0n) is 15.9. The Bertz CT molecular complexity index is 303. The van der Waals surface area contributed by atoms with Crippen molar-refractivity contribution in [3.05, 3.63) is 75.9 Å². The second kappa shape index (κ2) is 16.3. The third kappa shape index (κ3) is 9.36. The number of hydrogen-bond acceptors (Lipinski definition) is 3. The van der Waals surface area contributed by atoms with Crippen LogP contribution in [0.5, 0.6) is 0 Å². The summed E-state index contributed by atoms with van der Waals surface area (Å²) in [6.07, 6.45) is 11.7. The molecule has 122 valence electrons. The van der Waals surface area contributed by atoms with Crippen LogP contribution in [-0.2, 0) is 0 Å². The van der Waals surface area contributed by atoms with Crippen LogP contribution in [0.25, 0.3) is 0 Å². The van der Waals surface area contributed by atoms with E-state index in [0.29, 0.717) is 0 Å². The minimum atomic E-state index is -1.61. The van der Waals surface area contributed by atoms with Gasteiger partial charge in [0.25, 0.3) is 0 Å². The van der Waals surface area contributed by atoms with E-state index in [0.717, 1.165) is 39.3 Å². The molecule has 3 nitrogen and oxygen atoms in total. The minimum Gasteiger partial charge on any atom is -1.00 e. The van der Waals surface area contributed by atoms with Crippen molar-refractivity contribution in [2.45, 2.75) is 0 Å². The molecule has 23 heavy (non-hydrogen) atoms. The van der Waals surface area contributed by atoms with Crippen LogP contribution in [-0.4, -0.2) is 65.7 Å². The molecule has 0 aliphatic rings. The van der Waals surface area contributed by atoms with Gasteiger partial charge in [0, 0.05) is 0 Å². The molecule has 0 fully saturated rings. The molecule has 0 aromatic heterocycles. The summed E-state index contributed by atoms with van der Waals surface area (Å²) in [5.74, 6) is 0. The first-order valence-corrected chi connectivity index (χ1v) is 9.12. The van der Waals surface area contributed by atoms with Crippen molar-refractivity contribution >= 4 is 14.8 Å². The fourth-order valence-corrected chi connectivity index (χ4v) is 5.89. The first kappa shape index (κ1) is 24.7. The zero-order valence-corrected chi connectivity index (χ0v) is 16.0. The molecule has 0 heterocycles. The van der Waals surface area contributed by atoms with E-state index in [1.807, 2.05) is 36.5 Å². The van der Waals surface area contributed by atoms with Crippen LogP contribution in [0.1, 0.15) is 1.43 Å². The Kier molecular flexibility index (Phi) is 17.5. The fraction of sp³-hybridized carbons (Fsp3) is 0.333. The van der Waals surface area contributed by atoms with Gasteiger partial charge in [-0.3, -0.25) is 0 Å². The average molecular weight is 323 g/mol. The molecule has 0 unspecified atom stereocenters. The molecule has 0 radical (unpaired) electrons. The Morgan fingerprint density at radius 2 is 0.696 bits per heavy atom. The monoisotopic (exact) mass is 323 g/mol. The number of hydrogen-bond donors (Lipinski definition) is 0. The van der Waals surface area contributed by atoms with E-state index in [4.69, 9.17) is 0 Å². The van der Waals surface area contributed by atoms with Gasteiger partial charge in [-0.1, -0.05) is 36.5 Å². The Morgan fingerprint density at radius 1 is 0.522 bits per heavy atom. The summed E-state index contributed by atoms with van der Waals surface area (Å²) >= 11 is -1.61. The van der Waals surface area contributed by atoms with Crippen molar-refractivity contribution in [2.24, 2.45) is 0 Å². The summed E-state index contributed by atoms with van der Waals surface area (Å²) < 4.78 is 7.33. The molecule has 5 heteroatoms. The van der Waals surface area contributed by atoms with Gasteiger partial charge in [0.15, 0.2) is 0 Å². The van der Waals surface area contributed by atoms with Crippen LogP contribution in [0.15, 0.2) is 75.9 Å². The van der Waals surface area contributed by atoms with Gasteiger partial charge in [-0.15, -0.1) is 39.5 Å². The summed E-state index contributed by atoms with van der Waals surface area (Å²) in [6.45, 7) is 28.4. The maximum Gasteiger partial charge on any atom is 1.00 e. The Labute approximate surface area is 161 Å². The van der Waals surface area contributed by atoms with Crippen molar-refractivity contribution in [3.63, 3.8) is 0 Å². The van der Waals surface area contributed by atoms with Gasteiger partial charge in [-0.05, 0) is 39.3 Å². The molecule has 0 aromatic carbocycles. The molecule has 0 bridgehead atoms. The van der Waals surface area contributed by atoms with Gasteiger partial charge in [-0.2, -0.15) is 0 Å². The third-order valence-electron chi connectivity index (χ3n) is 3.16. The minimum absolute atomic E-state index is 0. The molecular weight excluding hydrogens is 292 g/mol. The third-order valence-corrected chi connectivity index (χ3v) is 6.39. The molecule has 0 saturated carbocycles. The molecule has 0 aliphatic heterocycles. The first-order valence-electron chi connectivity index (χ1n) is 7.57. The Morgan fingerprint density at radius 3 is 0.826 bits per heavy atom. The molecule has 0 amide bonds. The van der Waals surface area contributed by atoms with E-state index in [-0.39, 0.29) is 20.3 Å². The summed E-state index contributed by atoms with van der Waals surface area (Å²) in [4.78, 5) is 0. The predicted molar refractivity (Wildman–Crippen MR) is 103 cm³/mol. The second-order valence-electron chi connectivity index (χ2n) is 4.94. The molecule has 0 N–H and O–H groups in total. The van der Waals surface area contributed by atoms with Crippen molar-refractivity contribution in [1.82, 2.24) is 11.7 Å². The summed E-state index contributed by atoms with van der Waals surface area (Å²) in [6, 6.07) is 0. The normalized spacial score (nSPS) is 10.0. The molecule has 0 aliphatic carbocycles. The molecule has 0 spiro atoms. The first-order chi connectivity index (χ1) is 10.7. The average Bonchev–Trinajstić information content (AvgIpc) is 2.49. The van der Waals surface area contributed by atoms with E-state index < -0.39 is 14.8 Å². The summed E-state index contributed by atoms with van der Waals surface area (Å²) in [5.41, 5.74) is 0. The van der Waals surface area contributed by atoms with Gasteiger partial charge in [0.2, 0.25) is 0 Å². The van der Waals surface area contributed by atoms with Crippen LogP contribution in [0.3, 0.4) is 0 Å². The maximum atomic E-state index is 3.90. The Balaban J connectivity index is -0.00000220. The van der Waals surface area contributed by atoms with Gasteiger partial charge >= 0.3 is 33.7 Å². The number of rotatable bonds is 15. The van der Waals surface area contributed by atoms with Crippen LogP contribution < -0.4 is 18.9 Å². The van der Waals surface area contributed by atoms with Crippen molar-refractivity contribution in [1.29, 1.82) is 0 Å². The molecule has 0 aromatic rings. The van der Waals surface area contributed by atoms with Crippen LogP contribution in [0, 0.1) is 0 Å². The van der Waals surface area contributed by atoms with Gasteiger partial charge < -0.3 is 13.1 Å². The number of nitrogens with zero attached hydrogens (tertiary/aromatic N) is 3. The molecule has 0 rings (SSSR count). The SMILES string of the molecule is C=CC[N](CC=C)[Al]([N](CC=C)CC=C)[N](CC=C)CC=C.[H-].[Li+]. The molecule has 0 saturated heterocycles.